The SMILES string of the molecule is COC(=O)c1cccc(NC2CCN(S(=O)(=O)c3ccc(CNC(=O)c4cccc([N+](=O)[O-])c4)s3)CC2)c1.NS(=O)(=O)c1cccc(NC2CCN(S(=O)(=O)c3ccc(CNC(=O)c4cccc([N+](=O)[O-])c4)s3)CC2)c1. The lowest BCUT2D eigenvalue weighted by Gasteiger charge is -2.31. The van der Waals surface area contributed by atoms with Crippen LogP contribution in [0.3, 0.4) is 0 Å². The number of benzene rings is 4. The van der Waals surface area contributed by atoms with E-state index in [0.29, 0.717) is 59.8 Å². The zero-order valence-electron chi connectivity index (χ0n) is 40.4. The molecule has 76 heavy (non-hydrogen) atoms. The minimum Gasteiger partial charge on any atom is -0.465 e. The van der Waals surface area contributed by atoms with Crippen LogP contribution in [0.5, 0.6) is 0 Å². The second-order valence-corrected chi connectivity index (χ2v) is 25.4. The van der Waals surface area contributed by atoms with Gasteiger partial charge in [0.2, 0.25) is 10.0 Å². The summed E-state index contributed by atoms with van der Waals surface area (Å²) in [6.07, 6.45) is 2.24. The van der Waals surface area contributed by atoms with Crippen molar-refractivity contribution < 1.29 is 54.2 Å². The van der Waals surface area contributed by atoms with Gasteiger partial charge in [0.15, 0.2) is 0 Å². The molecular formula is C48H51N9O14S5. The molecule has 28 heteroatoms. The molecule has 6 aromatic rings. The van der Waals surface area contributed by atoms with Crippen LogP contribution in [-0.2, 0) is 47.9 Å². The van der Waals surface area contributed by atoms with E-state index in [2.05, 4.69) is 21.3 Å². The Kier molecular flexibility index (Phi) is 18.3. The van der Waals surface area contributed by atoms with E-state index in [-0.39, 0.29) is 74.1 Å². The fourth-order valence-corrected chi connectivity index (χ4v) is 14.5. The second kappa shape index (κ2) is 24.7. The number of piperidine rings is 2. The van der Waals surface area contributed by atoms with Gasteiger partial charge in [-0.1, -0.05) is 24.3 Å². The summed E-state index contributed by atoms with van der Waals surface area (Å²) in [5.41, 5.74) is 1.70. The lowest BCUT2D eigenvalue weighted by molar-refractivity contribution is -0.385. The summed E-state index contributed by atoms with van der Waals surface area (Å²) in [7, 11) is -9.92. The number of carbonyl (C=O) groups is 3. The van der Waals surface area contributed by atoms with E-state index in [1.165, 1.54) is 88.5 Å². The molecule has 2 fully saturated rings. The molecule has 2 amide bonds. The van der Waals surface area contributed by atoms with Crippen LogP contribution < -0.4 is 26.4 Å². The number of non-ortho nitro benzene ring substituents is 2. The molecule has 2 saturated heterocycles. The van der Waals surface area contributed by atoms with Crippen LogP contribution >= 0.6 is 22.7 Å². The van der Waals surface area contributed by atoms with Crippen molar-refractivity contribution >= 4 is 93.3 Å². The molecule has 0 bridgehead atoms. The lowest BCUT2D eigenvalue weighted by atomic mass is 10.1. The number of anilines is 2. The van der Waals surface area contributed by atoms with Crippen molar-refractivity contribution in [3.63, 3.8) is 0 Å². The lowest BCUT2D eigenvalue weighted by Crippen LogP contribution is -2.42. The van der Waals surface area contributed by atoms with Gasteiger partial charge in [0.1, 0.15) is 8.42 Å². The fourth-order valence-electron chi connectivity index (χ4n) is 8.07. The Labute approximate surface area is 445 Å². The third-order valence-electron chi connectivity index (χ3n) is 12.0. The number of nitro groups is 2. The molecule has 2 aliphatic heterocycles. The average Bonchev–Trinajstić information content (AvgIpc) is 4.12. The summed E-state index contributed by atoms with van der Waals surface area (Å²) < 4.78 is 83.8. The first-order valence-corrected chi connectivity index (χ1v) is 29.2. The Morgan fingerprint density at radius 1 is 0.592 bits per heavy atom. The Morgan fingerprint density at radius 2 is 1.00 bits per heavy atom. The molecule has 4 aromatic carbocycles. The summed E-state index contributed by atoms with van der Waals surface area (Å²) in [5, 5.41) is 39.0. The van der Waals surface area contributed by atoms with Crippen LogP contribution in [0.1, 0.15) is 66.5 Å². The Bertz CT molecular complexity index is 3460. The van der Waals surface area contributed by atoms with Crippen molar-refractivity contribution in [1.29, 1.82) is 0 Å². The Hall–Kier alpha value is -7.18. The summed E-state index contributed by atoms with van der Waals surface area (Å²) in [5.74, 6) is -1.41. The number of nitrogens with zero attached hydrogens (tertiary/aromatic N) is 4. The number of sulfonamides is 3. The van der Waals surface area contributed by atoms with Gasteiger partial charge >= 0.3 is 5.97 Å². The van der Waals surface area contributed by atoms with E-state index in [1.807, 2.05) is 6.07 Å². The number of esters is 1. The second-order valence-electron chi connectivity index (χ2n) is 17.2. The molecule has 0 spiro atoms. The maximum atomic E-state index is 13.2. The smallest absolute Gasteiger partial charge is 0.337 e. The normalized spacial score (nSPS) is 14.9. The number of thiophene rings is 2. The zero-order chi connectivity index (χ0) is 54.8. The molecule has 0 aliphatic carbocycles. The van der Waals surface area contributed by atoms with Crippen LogP contribution in [0.2, 0.25) is 0 Å². The number of nitrogens with one attached hydrogen (secondary N) is 4. The molecule has 8 rings (SSSR count). The predicted molar refractivity (Wildman–Crippen MR) is 284 cm³/mol. The maximum absolute atomic E-state index is 13.2. The molecule has 6 N–H and O–H groups in total. The third-order valence-corrected chi connectivity index (χ3v) is 19.9. The molecule has 23 nitrogen and oxygen atoms in total. The van der Waals surface area contributed by atoms with Gasteiger partial charge in [0, 0.05) is 94.8 Å². The summed E-state index contributed by atoms with van der Waals surface area (Å²) in [6, 6.07) is 30.2. The highest BCUT2D eigenvalue weighted by molar-refractivity contribution is 7.91. The third kappa shape index (κ3) is 14.6. The standard InChI is InChI=1S/C25H26N4O7S2.C23H25N5O7S3/c1-36-25(31)18-5-2-6-20(14-18)27-19-10-12-28(13-11-19)38(34,35)23-9-8-22(37-23)16-26-24(30)17-4-3-7-21(15-17)29(32)33;24-37(32,33)21-6-2-4-18(14-21)26-17-9-11-27(12-10-17)38(34,35)22-8-7-20(36-22)15-25-23(29)16-3-1-5-19(13-16)28(30)31/h2-9,14-15,19,27H,10-13,16H2,1H3,(H,26,30);1-8,13-14,17,26H,9-12,15H2,(H,25,29)(H2,24,32,33). The monoisotopic (exact) mass is 1140 g/mol. The van der Waals surface area contributed by atoms with E-state index in [1.54, 1.807) is 42.5 Å². The highest BCUT2D eigenvalue weighted by atomic mass is 32.3. The van der Waals surface area contributed by atoms with Crippen molar-refractivity contribution in [3.8, 4) is 0 Å². The van der Waals surface area contributed by atoms with Crippen molar-refractivity contribution in [2.24, 2.45) is 5.14 Å². The van der Waals surface area contributed by atoms with Gasteiger partial charge in [0.25, 0.3) is 43.2 Å². The molecule has 0 saturated carbocycles. The number of carbonyl (C=O) groups excluding carboxylic acids is 3. The van der Waals surface area contributed by atoms with E-state index in [4.69, 9.17) is 9.88 Å². The van der Waals surface area contributed by atoms with Crippen LogP contribution in [0.4, 0.5) is 22.7 Å². The first-order valence-electron chi connectivity index (χ1n) is 23.2. The molecule has 402 valence electrons. The van der Waals surface area contributed by atoms with Gasteiger partial charge in [-0.25, -0.2) is 35.2 Å². The molecule has 2 aromatic heterocycles. The largest absolute Gasteiger partial charge is 0.465 e. The topological polar surface area (TPSA) is 330 Å². The van der Waals surface area contributed by atoms with Gasteiger partial charge in [0.05, 0.1) is 40.5 Å². The number of hydrogen-bond acceptors (Lipinski definition) is 18. The predicted octanol–water partition coefficient (Wildman–Crippen LogP) is 6.14. The Balaban J connectivity index is 0.000000221. The van der Waals surface area contributed by atoms with E-state index < -0.39 is 57.7 Å². The molecule has 0 unspecified atom stereocenters. The first-order chi connectivity index (χ1) is 36.1. The number of methoxy groups -OCH3 is 1. The maximum Gasteiger partial charge on any atom is 0.337 e. The van der Waals surface area contributed by atoms with Crippen LogP contribution in [0.25, 0.3) is 0 Å². The summed E-state index contributed by atoms with van der Waals surface area (Å²) in [4.78, 5) is 58.5. The fraction of sp³-hybridized carbons (Fsp3) is 0.271. The minimum absolute atomic E-state index is 0.00251. The van der Waals surface area contributed by atoms with Gasteiger partial charge in [-0.15, -0.1) is 22.7 Å². The number of ether oxygens (including phenoxy) is 1. The Morgan fingerprint density at radius 3 is 1.42 bits per heavy atom. The summed E-state index contributed by atoms with van der Waals surface area (Å²) >= 11 is 2.13. The first kappa shape index (κ1) is 56.5. The van der Waals surface area contributed by atoms with Crippen LogP contribution in [0.15, 0.2) is 135 Å². The van der Waals surface area contributed by atoms with Crippen LogP contribution in [-0.4, -0.2) is 107 Å². The molecule has 0 radical (unpaired) electrons. The zero-order valence-corrected chi connectivity index (χ0v) is 44.5. The highest BCUT2D eigenvalue weighted by Gasteiger charge is 2.32. The summed E-state index contributed by atoms with van der Waals surface area (Å²) in [6.45, 7) is 1.42. The number of nitro benzene ring substituents is 2. The van der Waals surface area contributed by atoms with Crippen molar-refractivity contribution in [2.75, 3.05) is 43.9 Å². The van der Waals surface area contributed by atoms with Crippen LogP contribution in [0, 0.1) is 20.2 Å². The quantitative estimate of drug-likeness (QED) is 0.0367. The molecule has 2 aliphatic rings. The van der Waals surface area contributed by atoms with Crippen molar-refractivity contribution in [3.05, 3.63) is 168 Å². The van der Waals surface area contributed by atoms with Gasteiger partial charge in [-0.05, 0) is 98.5 Å². The van der Waals surface area contributed by atoms with Crippen molar-refractivity contribution in [2.45, 2.75) is 64.2 Å². The van der Waals surface area contributed by atoms with E-state index in [9.17, 15) is 59.9 Å². The number of amides is 2. The van der Waals surface area contributed by atoms with Gasteiger partial charge in [-0.2, -0.15) is 8.61 Å². The molecular weight excluding hydrogens is 1090 g/mol. The number of nitrogens with two attached hydrogens (primary N) is 1. The molecule has 0 atom stereocenters. The molecule has 4 heterocycles. The van der Waals surface area contributed by atoms with Gasteiger partial charge < -0.3 is 26.0 Å². The average molecular weight is 1140 g/mol. The number of hydrogen-bond donors (Lipinski definition) is 5. The van der Waals surface area contributed by atoms with Gasteiger partial charge in [-0.3, -0.25) is 29.8 Å². The number of rotatable bonds is 18. The highest BCUT2D eigenvalue weighted by Crippen LogP contribution is 2.30. The number of primary sulfonamides is 1. The van der Waals surface area contributed by atoms with E-state index >= 15 is 0 Å². The van der Waals surface area contributed by atoms with Crippen molar-refractivity contribution in [1.82, 2.24) is 19.2 Å². The van der Waals surface area contributed by atoms with E-state index in [0.717, 1.165) is 28.4 Å². The minimum atomic E-state index is -3.83.